The third kappa shape index (κ3) is 8.62. The van der Waals surface area contributed by atoms with E-state index in [0.29, 0.717) is 0 Å². The fourth-order valence-corrected chi connectivity index (χ4v) is 15.0. The molecule has 0 bridgehead atoms. The number of aryl methyl sites for hydroxylation is 2. The number of nitrogens with zero attached hydrogens (tertiary/aromatic N) is 3. The van der Waals surface area contributed by atoms with Crippen LogP contribution in [-0.4, -0.2) is 18.0 Å². The first-order chi connectivity index (χ1) is 41.6. The van der Waals surface area contributed by atoms with Gasteiger partial charge in [-0.2, -0.15) is 0 Å². The number of fused-ring (bicyclic) bond motifs is 11. The number of ether oxygens (including phenoxy) is 1. The second-order valence-electron chi connectivity index (χ2n) is 31.2. The van der Waals surface area contributed by atoms with Gasteiger partial charge in [-0.05, 0) is 208 Å². The highest BCUT2D eigenvalue weighted by molar-refractivity contribution is 7.02. The molecule has 1 aromatic heterocycles. The van der Waals surface area contributed by atoms with E-state index in [1.165, 1.54) is 133 Å². The van der Waals surface area contributed by atoms with Gasteiger partial charge in [-0.1, -0.05) is 207 Å². The van der Waals surface area contributed by atoms with Gasteiger partial charge in [-0.25, -0.2) is 0 Å². The lowest BCUT2D eigenvalue weighted by molar-refractivity contribution is 0.487. The summed E-state index contributed by atoms with van der Waals surface area (Å²) in [5.74, 6) is 1.81. The summed E-state index contributed by atoms with van der Waals surface area (Å²) in [4.78, 5) is 5.18. The van der Waals surface area contributed by atoms with E-state index < -0.39 is 0 Å². The number of aromatic nitrogens is 1. The number of hydrogen-bond donors (Lipinski definition) is 0. The number of rotatable bonds is 4. The third-order valence-corrected chi connectivity index (χ3v) is 20.1. The average Bonchev–Trinajstić information content (AvgIpc) is 1.38. The molecule has 15 rings (SSSR count). The molecule has 5 heterocycles. The summed E-state index contributed by atoms with van der Waals surface area (Å²) in [7, 11) is 0. The van der Waals surface area contributed by atoms with Crippen LogP contribution in [0.15, 0.2) is 182 Å². The molecule has 0 atom stereocenters. The quantitative estimate of drug-likeness (QED) is 0.164. The molecule has 0 spiro atoms. The van der Waals surface area contributed by atoms with Crippen molar-refractivity contribution in [3.05, 3.63) is 221 Å². The van der Waals surface area contributed by atoms with Crippen molar-refractivity contribution in [3.63, 3.8) is 0 Å². The second-order valence-corrected chi connectivity index (χ2v) is 31.2. The van der Waals surface area contributed by atoms with Crippen LogP contribution in [0.25, 0.3) is 49.7 Å². The minimum absolute atomic E-state index is 0.000403. The molecule has 10 aromatic carbocycles. The number of benzene rings is 10. The summed E-state index contributed by atoms with van der Waals surface area (Å²) in [6.45, 7) is 39.3. The van der Waals surface area contributed by atoms with Crippen molar-refractivity contribution >= 4 is 102 Å². The van der Waals surface area contributed by atoms with Gasteiger partial charge in [0.05, 0.1) is 5.52 Å². The average molecular weight is 1150 g/mol. The molecule has 0 amide bonds. The van der Waals surface area contributed by atoms with E-state index in [9.17, 15) is 0 Å². The summed E-state index contributed by atoms with van der Waals surface area (Å²) in [5, 5.41) is 2.60. The zero-order valence-corrected chi connectivity index (χ0v) is 54.7. The highest BCUT2D eigenvalue weighted by atomic mass is 16.5. The van der Waals surface area contributed by atoms with Crippen molar-refractivity contribution in [2.45, 2.75) is 145 Å². The molecule has 0 radical (unpaired) electrons. The lowest BCUT2D eigenvalue weighted by atomic mass is 9.30. The first-order valence-electron chi connectivity index (χ1n) is 32.0. The molecule has 0 unspecified atom stereocenters. The molecule has 6 heteroatoms. The maximum atomic E-state index is 7.80. The van der Waals surface area contributed by atoms with Gasteiger partial charge in [-0.15, -0.1) is 0 Å². The molecule has 0 aliphatic carbocycles. The van der Waals surface area contributed by atoms with Crippen molar-refractivity contribution in [1.29, 1.82) is 0 Å². The first-order valence-corrected chi connectivity index (χ1v) is 32.0. The van der Waals surface area contributed by atoms with Crippen molar-refractivity contribution in [2.24, 2.45) is 0 Å². The summed E-state index contributed by atoms with van der Waals surface area (Å²) < 4.78 is 10.4. The van der Waals surface area contributed by atoms with Crippen LogP contribution in [0, 0.1) is 13.8 Å². The Morgan fingerprint density at radius 1 is 0.330 bits per heavy atom. The van der Waals surface area contributed by atoms with Crippen LogP contribution in [0.1, 0.15) is 143 Å². The molecule has 0 N–H and O–H groups in total. The Labute approximate surface area is 523 Å². The van der Waals surface area contributed by atoms with E-state index in [-0.39, 0.29) is 40.5 Å². The summed E-state index contributed by atoms with van der Waals surface area (Å²) >= 11 is 0. The highest BCUT2D eigenvalue weighted by Crippen LogP contribution is 2.50. The molecule has 0 fully saturated rings. The Morgan fingerprint density at radius 3 is 1.34 bits per heavy atom. The lowest BCUT2D eigenvalue weighted by Gasteiger charge is -2.45. The SMILES string of the molecule is Cc1ccccc1-c1cc2c3c(c1)N(c1ccc(C(C)(C)C)cc1)c1cc4c(cc1B3c1cc(C(C)(C)C)ccc1N2c1ccc(C(C)(C)C)cc1)B1c2c(cc(-c3ccccc3C)cc2-n2c3ccc(C(C)(C)C)cc3c3cc(C(C)(C)C)cc1c32)O4. The Hall–Kier alpha value is -8.47. The molecule has 4 nitrogen and oxygen atoms in total. The first kappa shape index (κ1) is 56.1. The minimum Gasteiger partial charge on any atom is -0.458 e. The van der Waals surface area contributed by atoms with Crippen molar-refractivity contribution in [2.75, 3.05) is 9.80 Å². The van der Waals surface area contributed by atoms with Gasteiger partial charge in [0.15, 0.2) is 0 Å². The largest absolute Gasteiger partial charge is 0.458 e. The van der Waals surface area contributed by atoms with Crippen LogP contribution >= 0.6 is 0 Å². The predicted octanol–water partition coefficient (Wildman–Crippen LogP) is 18.2. The van der Waals surface area contributed by atoms with Crippen molar-refractivity contribution < 1.29 is 4.74 Å². The topological polar surface area (TPSA) is 20.6 Å². The standard InChI is InChI=1S/C82H81B2N3O/c1-48-22-18-20-24-59(48)50-38-70-75-71(39-50)86(58-34-28-53(29-35-58)79(6,7)8)69-47-73-65(46-64(69)83(75)63-44-55(81(12,13)14)31-37-68(63)85(70)57-32-26-52(27-33-57)78(3,4)5)84-66-45-56(82(15,16)17)43-62-61-42-54(80(9,10)11)30-36-67(61)87(77(62)66)72-40-51(41-74(88-73)76(72)84)60-25-21-19-23-49(60)2/h18-47H,1-17H3. The molecular weight excluding hydrogens is 1060 g/mol. The van der Waals surface area contributed by atoms with E-state index >= 15 is 0 Å². The Balaban J connectivity index is 1.08. The highest BCUT2D eigenvalue weighted by Gasteiger charge is 2.48. The second kappa shape index (κ2) is 19.0. The normalized spacial score (nSPS) is 14.2. The van der Waals surface area contributed by atoms with Crippen LogP contribution in [0.3, 0.4) is 0 Å². The Bertz CT molecular complexity index is 4760. The fourth-order valence-electron chi connectivity index (χ4n) is 15.0. The monoisotopic (exact) mass is 1150 g/mol. The van der Waals surface area contributed by atoms with Crippen LogP contribution in [0.4, 0.5) is 34.1 Å². The molecule has 4 aliphatic heterocycles. The van der Waals surface area contributed by atoms with Crippen molar-refractivity contribution in [3.8, 4) is 39.4 Å². The van der Waals surface area contributed by atoms with Crippen LogP contribution in [0.2, 0.25) is 0 Å². The third-order valence-electron chi connectivity index (χ3n) is 20.1. The molecule has 11 aromatic rings. The van der Waals surface area contributed by atoms with E-state index in [4.69, 9.17) is 4.74 Å². The smallest absolute Gasteiger partial charge is 0.256 e. The van der Waals surface area contributed by atoms with Gasteiger partial charge in [-0.3, -0.25) is 0 Å². The summed E-state index contributed by atoms with van der Waals surface area (Å²) in [5.41, 5.74) is 31.9. The van der Waals surface area contributed by atoms with Gasteiger partial charge in [0, 0.05) is 62.2 Å². The maximum absolute atomic E-state index is 7.80. The molecule has 88 heavy (non-hydrogen) atoms. The summed E-state index contributed by atoms with van der Waals surface area (Å²) in [6.07, 6.45) is 0. The summed E-state index contributed by atoms with van der Waals surface area (Å²) in [6, 6.07) is 71.2. The molecule has 436 valence electrons. The molecule has 4 aliphatic rings. The van der Waals surface area contributed by atoms with Crippen LogP contribution in [-0.2, 0) is 27.1 Å². The number of anilines is 6. The zero-order chi connectivity index (χ0) is 61.6. The van der Waals surface area contributed by atoms with E-state index in [0.717, 1.165) is 34.1 Å². The van der Waals surface area contributed by atoms with Gasteiger partial charge in [0.25, 0.3) is 13.4 Å². The van der Waals surface area contributed by atoms with Gasteiger partial charge >= 0.3 is 0 Å². The van der Waals surface area contributed by atoms with Gasteiger partial charge < -0.3 is 19.1 Å². The van der Waals surface area contributed by atoms with E-state index in [1.54, 1.807) is 0 Å². The van der Waals surface area contributed by atoms with Crippen LogP contribution in [0.5, 0.6) is 11.5 Å². The number of hydrogen-bond acceptors (Lipinski definition) is 3. The fraction of sp³-hybridized carbons (Fsp3) is 0.268. The Morgan fingerprint density at radius 2 is 0.784 bits per heavy atom. The van der Waals surface area contributed by atoms with Crippen molar-refractivity contribution in [1.82, 2.24) is 4.57 Å². The van der Waals surface area contributed by atoms with Crippen LogP contribution < -0.4 is 47.3 Å². The van der Waals surface area contributed by atoms with E-state index in [2.05, 4.69) is 314 Å². The van der Waals surface area contributed by atoms with E-state index in [1.807, 2.05) is 0 Å². The lowest BCUT2D eigenvalue weighted by Crippen LogP contribution is -2.64. The molecule has 0 saturated heterocycles. The predicted molar refractivity (Wildman–Crippen MR) is 380 cm³/mol. The molecule has 0 saturated carbocycles. The minimum atomic E-state index is -0.140. The zero-order valence-electron chi connectivity index (χ0n) is 54.7. The van der Waals surface area contributed by atoms with Gasteiger partial charge in [0.1, 0.15) is 11.5 Å². The maximum Gasteiger partial charge on any atom is 0.256 e. The van der Waals surface area contributed by atoms with Gasteiger partial charge in [0.2, 0.25) is 0 Å². The molecular formula is C82H81B2N3O. The Kier molecular flexibility index (Phi) is 12.1.